The number of carbonyl (C=O) groups excluding carboxylic acids is 1. The fourth-order valence-electron chi connectivity index (χ4n) is 3.81. The van der Waals surface area contributed by atoms with Crippen molar-refractivity contribution >= 4 is 55.3 Å². The molecule has 164 valence electrons. The number of thiazole rings is 1. The molecular weight excluding hydrogens is 474 g/mol. The maximum atomic E-state index is 13.1. The Morgan fingerprint density at radius 1 is 1.19 bits per heavy atom. The molecule has 4 rings (SSSR count). The predicted octanol–water partition coefficient (Wildman–Crippen LogP) is 5.44. The molecule has 0 aliphatic carbocycles. The minimum Gasteiger partial charge on any atom is -0.298 e. The van der Waals surface area contributed by atoms with Crippen molar-refractivity contribution < 1.29 is 13.2 Å². The monoisotopic (exact) mass is 495 g/mol. The van der Waals surface area contributed by atoms with Gasteiger partial charge in [0.05, 0.1) is 19.8 Å². The van der Waals surface area contributed by atoms with E-state index in [-0.39, 0.29) is 10.5 Å². The van der Waals surface area contributed by atoms with Crippen molar-refractivity contribution in [2.75, 3.05) is 18.4 Å². The maximum Gasteiger partial charge on any atom is 0.257 e. The van der Waals surface area contributed by atoms with Crippen LogP contribution in [0, 0.1) is 11.8 Å². The van der Waals surface area contributed by atoms with Gasteiger partial charge >= 0.3 is 0 Å². The van der Waals surface area contributed by atoms with Crippen LogP contribution in [0.5, 0.6) is 0 Å². The average molecular weight is 496 g/mol. The fraction of sp³-hybridized carbons (Fsp3) is 0.333. The van der Waals surface area contributed by atoms with Crippen molar-refractivity contribution in [1.29, 1.82) is 0 Å². The van der Waals surface area contributed by atoms with Crippen molar-refractivity contribution in [2.24, 2.45) is 11.8 Å². The highest BCUT2D eigenvalue weighted by molar-refractivity contribution is 7.89. The van der Waals surface area contributed by atoms with E-state index in [0.29, 0.717) is 34.4 Å². The van der Waals surface area contributed by atoms with E-state index in [1.807, 2.05) is 11.4 Å². The van der Waals surface area contributed by atoms with E-state index in [1.165, 1.54) is 39.1 Å². The zero-order valence-corrected chi connectivity index (χ0v) is 20.2. The summed E-state index contributed by atoms with van der Waals surface area (Å²) in [6.07, 6.45) is 1.02. The number of rotatable bonds is 5. The summed E-state index contributed by atoms with van der Waals surface area (Å²) in [7, 11) is -3.66. The molecule has 1 N–H and O–H groups in total. The highest BCUT2D eigenvalue weighted by Crippen LogP contribution is 2.33. The number of nitrogens with zero attached hydrogens (tertiary/aromatic N) is 2. The molecule has 0 unspecified atom stereocenters. The number of hydrogen-bond acceptors (Lipinski definition) is 6. The van der Waals surface area contributed by atoms with Gasteiger partial charge in [-0.3, -0.25) is 10.1 Å². The Hall–Kier alpha value is -1.78. The lowest BCUT2D eigenvalue weighted by molar-refractivity contribution is 0.102. The number of piperidine rings is 1. The first-order valence-corrected chi connectivity index (χ1v) is 13.4. The summed E-state index contributed by atoms with van der Waals surface area (Å²) in [5.41, 5.74) is 1.01. The Balaban J connectivity index is 1.51. The maximum absolute atomic E-state index is 13.1. The molecule has 1 saturated heterocycles. The van der Waals surface area contributed by atoms with Gasteiger partial charge in [-0.2, -0.15) is 4.31 Å². The molecule has 1 amide bonds. The van der Waals surface area contributed by atoms with Gasteiger partial charge in [-0.25, -0.2) is 13.4 Å². The van der Waals surface area contributed by atoms with E-state index in [4.69, 9.17) is 11.6 Å². The number of sulfonamides is 1. The molecule has 1 aromatic carbocycles. The lowest BCUT2D eigenvalue weighted by atomic mass is 9.94. The van der Waals surface area contributed by atoms with Gasteiger partial charge in [-0.05, 0) is 48.6 Å². The van der Waals surface area contributed by atoms with E-state index in [1.54, 1.807) is 18.2 Å². The molecule has 1 fully saturated rings. The second-order valence-corrected chi connectivity index (χ2v) is 12.4. The third kappa shape index (κ3) is 5.01. The summed E-state index contributed by atoms with van der Waals surface area (Å²) >= 11 is 8.69. The number of benzene rings is 1. The third-order valence-electron chi connectivity index (χ3n) is 5.12. The molecular formula is C21H22ClN3O3S3. The number of carbonyl (C=O) groups is 1. The van der Waals surface area contributed by atoms with Crippen LogP contribution in [0.25, 0.3) is 10.6 Å². The Bertz CT molecular complexity index is 1200. The molecule has 2 aromatic heterocycles. The largest absolute Gasteiger partial charge is 0.298 e. The highest BCUT2D eigenvalue weighted by atomic mass is 35.5. The van der Waals surface area contributed by atoms with Gasteiger partial charge in [0.25, 0.3) is 5.91 Å². The molecule has 0 radical (unpaired) electrons. The summed E-state index contributed by atoms with van der Waals surface area (Å²) in [6, 6.07) is 9.85. The lowest BCUT2D eigenvalue weighted by Gasteiger charge is -2.34. The van der Waals surface area contributed by atoms with Crippen LogP contribution in [0.3, 0.4) is 0 Å². The number of thiophene rings is 1. The van der Waals surface area contributed by atoms with Gasteiger partial charge in [-0.15, -0.1) is 22.7 Å². The molecule has 0 saturated carbocycles. The zero-order chi connectivity index (χ0) is 22.2. The van der Waals surface area contributed by atoms with E-state index >= 15 is 0 Å². The van der Waals surface area contributed by atoms with Gasteiger partial charge in [0.1, 0.15) is 0 Å². The second-order valence-electron chi connectivity index (χ2n) is 7.89. The molecule has 0 spiro atoms. The van der Waals surface area contributed by atoms with E-state index in [0.717, 1.165) is 17.0 Å². The first-order chi connectivity index (χ1) is 14.7. The van der Waals surface area contributed by atoms with Crippen molar-refractivity contribution in [3.05, 3.63) is 51.7 Å². The van der Waals surface area contributed by atoms with Crippen molar-refractivity contribution in [3.63, 3.8) is 0 Å². The molecule has 31 heavy (non-hydrogen) atoms. The minimum absolute atomic E-state index is 0.134. The molecule has 6 nitrogen and oxygen atoms in total. The SMILES string of the molecule is C[C@@H]1C[C@@H](C)CN(S(=O)(=O)c2cccc(C(=O)Nc3nc(-c4ccc(Cl)s4)cs3)c2)C1. The summed E-state index contributed by atoms with van der Waals surface area (Å²) in [4.78, 5) is 18.2. The molecule has 10 heteroatoms. The van der Waals surface area contributed by atoms with Crippen LogP contribution >= 0.6 is 34.3 Å². The van der Waals surface area contributed by atoms with Gasteiger partial charge in [0.2, 0.25) is 10.0 Å². The van der Waals surface area contributed by atoms with Gasteiger partial charge < -0.3 is 0 Å². The van der Waals surface area contributed by atoms with E-state index in [2.05, 4.69) is 24.1 Å². The van der Waals surface area contributed by atoms with Crippen LogP contribution in [-0.4, -0.2) is 36.7 Å². The number of halogens is 1. The van der Waals surface area contributed by atoms with Gasteiger partial charge in [0.15, 0.2) is 5.13 Å². The predicted molar refractivity (Wildman–Crippen MR) is 127 cm³/mol. The molecule has 3 aromatic rings. The lowest BCUT2D eigenvalue weighted by Crippen LogP contribution is -2.42. The smallest absolute Gasteiger partial charge is 0.257 e. The van der Waals surface area contributed by atoms with Gasteiger partial charge in [0, 0.05) is 24.0 Å². The molecule has 1 aliphatic rings. The number of amides is 1. The summed E-state index contributed by atoms with van der Waals surface area (Å²) in [6.45, 7) is 5.12. The van der Waals surface area contributed by atoms with Crippen LogP contribution in [0.1, 0.15) is 30.6 Å². The second kappa shape index (κ2) is 8.99. The molecule has 0 bridgehead atoms. The normalized spacial score (nSPS) is 20.0. The summed E-state index contributed by atoms with van der Waals surface area (Å²) < 4.78 is 28.5. The summed E-state index contributed by atoms with van der Waals surface area (Å²) in [5, 5.41) is 5.04. The number of anilines is 1. The first-order valence-electron chi connectivity index (χ1n) is 9.85. The molecule has 2 atom stereocenters. The van der Waals surface area contributed by atoms with Gasteiger partial charge in [-0.1, -0.05) is 31.5 Å². The fourth-order valence-corrected chi connectivity index (χ4v) is 7.32. The van der Waals surface area contributed by atoms with Crippen molar-refractivity contribution in [3.8, 4) is 10.6 Å². The third-order valence-corrected chi connectivity index (χ3v) is 8.96. The molecule has 1 aliphatic heterocycles. The number of aromatic nitrogens is 1. The van der Waals surface area contributed by atoms with Crippen LogP contribution in [-0.2, 0) is 10.0 Å². The Morgan fingerprint density at radius 3 is 2.61 bits per heavy atom. The highest BCUT2D eigenvalue weighted by Gasteiger charge is 2.32. The van der Waals surface area contributed by atoms with E-state index in [9.17, 15) is 13.2 Å². The van der Waals surface area contributed by atoms with E-state index < -0.39 is 15.9 Å². The van der Waals surface area contributed by atoms with Crippen molar-refractivity contribution in [2.45, 2.75) is 25.2 Å². The Labute approximate surface area is 194 Å². The number of nitrogens with one attached hydrogen (secondary N) is 1. The van der Waals surface area contributed by atoms with Crippen LogP contribution in [0.2, 0.25) is 4.34 Å². The Morgan fingerprint density at radius 2 is 1.94 bits per heavy atom. The molecule has 3 heterocycles. The summed E-state index contributed by atoms with van der Waals surface area (Å²) in [5.74, 6) is 0.215. The topological polar surface area (TPSA) is 79.4 Å². The first kappa shape index (κ1) is 22.4. The standard InChI is InChI=1S/C21H22ClN3O3S3/c1-13-8-14(2)11-25(10-13)31(27,28)16-5-3-4-15(9-16)20(26)24-21-23-17(12-29-21)18-6-7-19(22)30-18/h3-7,9,12-14H,8,10-11H2,1-2H3,(H,23,24,26)/t13-,14-/m1/s1. The van der Waals surface area contributed by atoms with Crippen LogP contribution in [0.15, 0.2) is 46.7 Å². The van der Waals surface area contributed by atoms with Crippen molar-refractivity contribution in [1.82, 2.24) is 9.29 Å². The zero-order valence-electron chi connectivity index (χ0n) is 17.0. The Kier molecular flexibility index (Phi) is 6.50. The minimum atomic E-state index is -3.66. The van der Waals surface area contributed by atoms with Crippen LogP contribution in [0.4, 0.5) is 5.13 Å². The van der Waals surface area contributed by atoms with Crippen LogP contribution < -0.4 is 5.32 Å². The quantitative estimate of drug-likeness (QED) is 0.510. The average Bonchev–Trinajstić information content (AvgIpc) is 3.36. The number of hydrogen-bond donors (Lipinski definition) is 1.